The molecule has 0 radical (unpaired) electrons. The van der Waals surface area contributed by atoms with Gasteiger partial charge in [0.25, 0.3) is 0 Å². The zero-order chi connectivity index (χ0) is 14.0. The van der Waals surface area contributed by atoms with E-state index in [9.17, 15) is 4.39 Å². The zero-order valence-electron chi connectivity index (χ0n) is 11.6. The van der Waals surface area contributed by atoms with Crippen LogP contribution < -0.4 is 0 Å². The summed E-state index contributed by atoms with van der Waals surface area (Å²) >= 11 is 10.4. The normalized spacial score (nSPS) is 24.5. The predicted molar refractivity (Wildman–Crippen MR) is 83.8 cm³/mol. The Balaban J connectivity index is 2.09. The summed E-state index contributed by atoms with van der Waals surface area (Å²) in [5.74, 6) is 0.508. The lowest BCUT2D eigenvalue weighted by atomic mass is 9.73. The van der Waals surface area contributed by atoms with Crippen LogP contribution in [-0.2, 0) is 5.41 Å². The minimum absolute atomic E-state index is 0.136. The van der Waals surface area contributed by atoms with Crippen molar-refractivity contribution in [2.75, 3.05) is 0 Å². The molecule has 19 heavy (non-hydrogen) atoms. The number of hydrogen-bond acceptors (Lipinski definition) is 1. The molecule has 0 heterocycles. The van der Waals surface area contributed by atoms with Crippen LogP contribution in [0, 0.1) is 11.7 Å². The van der Waals surface area contributed by atoms with Gasteiger partial charge in [-0.05, 0) is 61.1 Å². The number of thiol groups is 1. The van der Waals surface area contributed by atoms with Gasteiger partial charge in [0.2, 0.25) is 0 Å². The van der Waals surface area contributed by atoms with Gasteiger partial charge in [0, 0.05) is 10.3 Å². The Bertz CT molecular complexity index is 436. The van der Waals surface area contributed by atoms with Gasteiger partial charge in [-0.1, -0.05) is 31.5 Å². The molecule has 2 rings (SSSR count). The molecule has 0 unspecified atom stereocenters. The van der Waals surface area contributed by atoms with E-state index in [-0.39, 0.29) is 11.2 Å². The third-order valence-corrected chi connectivity index (χ3v) is 5.03. The maximum absolute atomic E-state index is 14.1. The Morgan fingerprint density at radius 2 is 1.89 bits per heavy atom. The van der Waals surface area contributed by atoms with Crippen molar-refractivity contribution in [2.45, 2.75) is 56.6 Å². The fourth-order valence-electron chi connectivity index (χ4n) is 3.22. The lowest BCUT2D eigenvalue weighted by Crippen LogP contribution is -2.26. The molecule has 1 fully saturated rings. The quantitative estimate of drug-likeness (QED) is 0.687. The molecule has 1 saturated carbocycles. The van der Waals surface area contributed by atoms with E-state index >= 15 is 0 Å². The summed E-state index contributed by atoms with van der Waals surface area (Å²) in [4.78, 5) is 0. The van der Waals surface area contributed by atoms with Crippen molar-refractivity contribution in [3.8, 4) is 0 Å². The first-order valence-electron chi connectivity index (χ1n) is 7.02. The van der Waals surface area contributed by atoms with Crippen LogP contribution in [0.5, 0.6) is 0 Å². The van der Waals surface area contributed by atoms with Crippen LogP contribution in [0.3, 0.4) is 0 Å². The van der Waals surface area contributed by atoms with Crippen molar-refractivity contribution >= 4 is 24.2 Å². The first-order chi connectivity index (χ1) is 8.88. The van der Waals surface area contributed by atoms with E-state index in [1.54, 1.807) is 6.07 Å². The molecule has 0 N–H and O–H groups in total. The maximum atomic E-state index is 14.1. The molecular formula is C16H22ClFS. The van der Waals surface area contributed by atoms with Crippen molar-refractivity contribution in [1.29, 1.82) is 0 Å². The Morgan fingerprint density at radius 3 is 2.47 bits per heavy atom. The average Bonchev–Trinajstić information content (AvgIpc) is 2.31. The molecule has 0 spiro atoms. The molecule has 0 nitrogen and oxygen atoms in total. The Labute approximate surface area is 126 Å². The van der Waals surface area contributed by atoms with Crippen LogP contribution in [0.25, 0.3) is 0 Å². The number of halogens is 2. The van der Waals surface area contributed by atoms with Gasteiger partial charge < -0.3 is 0 Å². The van der Waals surface area contributed by atoms with Gasteiger partial charge in [0.05, 0.1) is 0 Å². The third-order valence-electron chi connectivity index (χ3n) is 4.28. The van der Waals surface area contributed by atoms with E-state index in [1.165, 1.54) is 31.7 Å². The van der Waals surface area contributed by atoms with Crippen LogP contribution >= 0.6 is 24.2 Å². The van der Waals surface area contributed by atoms with E-state index in [1.807, 2.05) is 6.07 Å². The summed E-state index contributed by atoms with van der Waals surface area (Å²) in [6, 6.07) is 5.04. The van der Waals surface area contributed by atoms with E-state index in [0.29, 0.717) is 16.2 Å². The zero-order valence-corrected chi connectivity index (χ0v) is 13.3. The largest absolute Gasteiger partial charge is 0.207 e. The van der Waals surface area contributed by atoms with Crippen LogP contribution in [0.1, 0.15) is 51.5 Å². The monoisotopic (exact) mass is 300 g/mol. The van der Waals surface area contributed by atoms with E-state index in [2.05, 4.69) is 26.5 Å². The molecule has 106 valence electrons. The molecule has 1 aromatic carbocycles. The summed E-state index contributed by atoms with van der Waals surface area (Å²) in [6.07, 6.45) is 5.84. The van der Waals surface area contributed by atoms with Crippen molar-refractivity contribution in [2.24, 2.45) is 5.92 Å². The van der Waals surface area contributed by atoms with Crippen molar-refractivity contribution < 1.29 is 4.39 Å². The van der Waals surface area contributed by atoms with Gasteiger partial charge in [-0.3, -0.25) is 0 Å². The minimum Gasteiger partial charge on any atom is -0.207 e. The summed E-state index contributed by atoms with van der Waals surface area (Å²) in [6.45, 7) is 4.26. The van der Waals surface area contributed by atoms with Crippen LogP contribution in [0.2, 0.25) is 5.02 Å². The second kappa shape index (κ2) is 6.05. The molecule has 1 aliphatic rings. The molecule has 1 aromatic rings. The summed E-state index contributed by atoms with van der Waals surface area (Å²) in [5, 5.41) is 1.03. The molecule has 0 bridgehead atoms. The molecule has 3 heteroatoms. The highest BCUT2D eigenvalue weighted by Gasteiger charge is 2.29. The summed E-state index contributed by atoms with van der Waals surface area (Å²) in [7, 11) is 0. The predicted octanol–water partition coefficient (Wildman–Crippen LogP) is 5.64. The highest BCUT2D eigenvalue weighted by atomic mass is 35.5. The molecule has 0 aromatic heterocycles. The smallest absolute Gasteiger partial charge is 0.128 e. The molecule has 0 saturated heterocycles. The van der Waals surface area contributed by atoms with Gasteiger partial charge in [-0.2, -0.15) is 12.6 Å². The number of benzene rings is 1. The molecule has 0 amide bonds. The second-order valence-corrected chi connectivity index (χ2v) is 7.55. The summed E-state index contributed by atoms with van der Waals surface area (Å²) < 4.78 is 14.1. The number of rotatable bonds is 3. The van der Waals surface area contributed by atoms with Gasteiger partial charge in [-0.15, -0.1) is 0 Å². The first kappa shape index (κ1) is 15.2. The van der Waals surface area contributed by atoms with Gasteiger partial charge >= 0.3 is 0 Å². The maximum Gasteiger partial charge on any atom is 0.128 e. The standard InChI is InChI=1S/C16H22ClFS/c1-16(2,10-11-3-6-13(19)7-4-11)14-8-5-12(17)9-15(14)18/h5,8-9,11,13,19H,3-4,6-7,10H2,1-2H3. The fourth-order valence-corrected chi connectivity index (χ4v) is 3.68. The lowest BCUT2D eigenvalue weighted by molar-refractivity contribution is 0.280. The SMILES string of the molecule is CC(C)(CC1CCC(S)CC1)c1ccc(Cl)cc1F. The van der Waals surface area contributed by atoms with E-state index < -0.39 is 0 Å². The van der Waals surface area contributed by atoms with Crippen LogP contribution in [-0.4, -0.2) is 5.25 Å². The molecule has 0 atom stereocenters. The topological polar surface area (TPSA) is 0 Å². The van der Waals surface area contributed by atoms with Crippen molar-refractivity contribution in [3.63, 3.8) is 0 Å². The molecule has 1 aliphatic carbocycles. The highest BCUT2D eigenvalue weighted by molar-refractivity contribution is 7.80. The van der Waals surface area contributed by atoms with Crippen molar-refractivity contribution in [1.82, 2.24) is 0 Å². The van der Waals surface area contributed by atoms with Gasteiger partial charge in [0.1, 0.15) is 5.82 Å². The minimum atomic E-state index is -0.180. The van der Waals surface area contributed by atoms with Gasteiger partial charge in [-0.25, -0.2) is 4.39 Å². The Kier molecular flexibility index (Phi) is 4.84. The van der Waals surface area contributed by atoms with Crippen molar-refractivity contribution in [3.05, 3.63) is 34.6 Å². The van der Waals surface area contributed by atoms with Gasteiger partial charge in [0.15, 0.2) is 0 Å². The Hall–Kier alpha value is -0.210. The second-order valence-electron chi connectivity index (χ2n) is 6.39. The van der Waals surface area contributed by atoms with E-state index in [4.69, 9.17) is 11.6 Å². The first-order valence-corrected chi connectivity index (χ1v) is 7.91. The van der Waals surface area contributed by atoms with Crippen LogP contribution in [0.4, 0.5) is 4.39 Å². The van der Waals surface area contributed by atoms with E-state index in [0.717, 1.165) is 12.0 Å². The molecular weight excluding hydrogens is 279 g/mol. The Morgan fingerprint density at radius 1 is 1.26 bits per heavy atom. The molecule has 0 aliphatic heterocycles. The fraction of sp³-hybridized carbons (Fsp3) is 0.625. The average molecular weight is 301 g/mol. The highest BCUT2D eigenvalue weighted by Crippen LogP contribution is 2.39. The van der Waals surface area contributed by atoms with Crippen LogP contribution in [0.15, 0.2) is 18.2 Å². The summed E-state index contributed by atoms with van der Waals surface area (Å²) in [5.41, 5.74) is 0.646. The lowest BCUT2D eigenvalue weighted by Gasteiger charge is -2.34. The number of hydrogen-bond donors (Lipinski definition) is 1. The third kappa shape index (κ3) is 3.88.